The minimum Gasteiger partial charge on any atom is -0.355 e. The highest BCUT2D eigenvalue weighted by molar-refractivity contribution is 5.92. The fraction of sp³-hybridized carbons (Fsp3) is 0.0909. The van der Waals surface area contributed by atoms with E-state index in [1.807, 2.05) is 6.07 Å². The standard InChI is InChI=1S/C11H10FN3O/c12-9-4-10(14-7-9)11(16)15-6-8-2-1-3-13-5-8/h1-5,7,14H,6H2,(H,15,16). The zero-order valence-corrected chi connectivity index (χ0v) is 8.40. The van der Waals surface area contributed by atoms with Crippen LogP contribution in [0.15, 0.2) is 36.8 Å². The Morgan fingerprint density at radius 2 is 2.44 bits per heavy atom. The van der Waals surface area contributed by atoms with E-state index in [4.69, 9.17) is 0 Å². The average Bonchev–Trinajstić information content (AvgIpc) is 2.74. The minimum absolute atomic E-state index is 0.210. The molecule has 2 aromatic heterocycles. The number of amides is 1. The average molecular weight is 219 g/mol. The van der Waals surface area contributed by atoms with Crippen molar-refractivity contribution in [1.82, 2.24) is 15.3 Å². The first kappa shape index (κ1) is 10.4. The number of hydrogen-bond acceptors (Lipinski definition) is 2. The molecule has 2 heterocycles. The number of H-pyrrole nitrogens is 1. The summed E-state index contributed by atoms with van der Waals surface area (Å²) in [7, 11) is 0. The van der Waals surface area contributed by atoms with Gasteiger partial charge in [-0.25, -0.2) is 4.39 Å². The number of carbonyl (C=O) groups is 1. The van der Waals surface area contributed by atoms with Crippen molar-refractivity contribution in [2.24, 2.45) is 0 Å². The molecule has 82 valence electrons. The molecule has 0 saturated carbocycles. The molecular formula is C11H10FN3O. The molecule has 0 aliphatic heterocycles. The molecule has 2 aromatic rings. The van der Waals surface area contributed by atoms with E-state index < -0.39 is 5.82 Å². The third-order valence-electron chi connectivity index (χ3n) is 2.07. The molecule has 0 aliphatic rings. The third-order valence-corrected chi connectivity index (χ3v) is 2.07. The van der Waals surface area contributed by atoms with Crippen molar-refractivity contribution in [3.05, 3.63) is 53.9 Å². The highest BCUT2D eigenvalue weighted by Crippen LogP contribution is 2.01. The second kappa shape index (κ2) is 4.57. The van der Waals surface area contributed by atoms with Gasteiger partial charge in [0.1, 0.15) is 11.5 Å². The number of aromatic nitrogens is 2. The predicted octanol–water partition coefficient (Wildman–Crippen LogP) is 1.48. The Kier molecular flexibility index (Phi) is 2.95. The Hall–Kier alpha value is -2.17. The van der Waals surface area contributed by atoms with Gasteiger partial charge >= 0.3 is 0 Å². The van der Waals surface area contributed by atoms with Gasteiger partial charge in [0.2, 0.25) is 0 Å². The largest absolute Gasteiger partial charge is 0.355 e. The fourth-order valence-electron chi connectivity index (χ4n) is 1.28. The smallest absolute Gasteiger partial charge is 0.268 e. The van der Waals surface area contributed by atoms with Crippen molar-refractivity contribution < 1.29 is 9.18 Å². The van der Waals surface area contributed by atoms with Crippen LogP contribution < -0.4 is 5.32 Å². The van der Waals surface area contributed by atoms with Gasteiger partial charge in [0.15, 0.2) is 0 Å². The van der Waals surface area contributed by atoms with Crippen LogP contribution >= 0.6 is 0 Å². The van der Waals surface area contributed by atoms with Gasteiger partial charge in [0, 0.05) is 31.2 Å². The molecule has 0 aliphatic carbocycles. The van der Waals surface area contributed by atoms with E-state index in [0.717, 1.165) is 17.8 Å². The maximum atomic E-state index is 12.6. The van der Waals surface area contributed by atoms with Crippen molar-refractivity contribution >= 4 is 5.91 Å². The van der Waals surface area contributed by atoms with Gasteiger partial charge in [0.05, 0.1) is 0 Å². The predicted molar refractivity (Wildman–Crippen MR) is 56.2 cm³/mol. The van der Waals surface area contributed by atoms with E-state index in [2.05, 4.69) is 15.3 Å². The Labute approximate surface area is 91.5 Å². The zero-order chi connectivity index (χ0) is 11.4. The maximum Gasteiger partial charge on any atom is 0.268 e. The molecule has 16 heavy (non-hydrogen) atoms. The lowest BCUT2D eigenvalue weighted by Crippen LogP contribution is -2.23. The molecule has 0 bridgehead atoms. The number of nitrogens with zero attached hydrogens (tertiary/aromatic N) is 1. The van der Waals surface area contributed by atoms with Gasteiger partial charge in [-0.1, -0.05) is 6.07 Å². The number of pyridine rings is 1. The van der Waals surface area contributed by atoms with E-state index in [9.17, 15) is 9.18 Å². The molecule has 4 nitrogen and oxygen atoms in total. The van der Waals surface area contributed by atoms with Crippen LogP contribution in [0.3, 0.4) is 0 Å². The Balaban J connectivity index is 1.94. The molecule has 2 N–H and O–H groups in total. The van der Waals surface area contributed by atoms with Crippen molar-refractivity contribution in [2.75, 3.05) is 0 Å². The van der Waals surface area contributed by atoms with Crippen molar-refractivity contribution in [3.8, 4) is 0 Å². The summed E-state index contributed by atoms with van der Waals surface area (Å²) >= 11 is 0. The molecule has 0 radical (unpaired) electrons. The van der Waals surface area contributed by atoms with Crippen LogP contribution in [0.25, 0.3) is 0 Å². The fourth-order valence-corrected chi connectivity index (χ4v) is 1.28. The Morgan fingerprint density at radius 1 is 1.56 bits per heavy atom. The van der Waals surface area contributed by atoms with E-state index in [-0.39, 0.29) is 11.6 Å². The van der Waals surface area contributed by atoms with E-state index in [1.54, 1.807) is 18.5 Å². The summed E-state index contributed by atoms with van der Waals surface area (Å²) in [6.45, 7) is 0.368. The van der Waals surface area contributed by atoms with Crippen molar-refractivity contribution in [3.63, 3.8) is 0 Å². The minimum atomic E-state index is -0.452. The molecule has 0 spiro atoms. The molecule has 0 fully saturated rings. The molecule has 0 saturated heterocycles. The van der Waals surface area contributed by atoms with E-state index >= 15 is 0 Å². The van der Waals surface area contributed by atoms with Crippen LogP contribution in [0.1, 0.15) is 16.1 Å². The summed E-state index contributed by atoms with van der Waals surface area (Å²) in [4.78, 5) is 18.0. The first-order valence-electron chi connectivity index (χ1n) is 4.77. The highest BCUT2D eigenvalue weighted by atomic mass is 19.1. The molecule has 0 aromatic carbocycles. The van der Waals surface area contributed by atoms with Crippen LogP contribution in [-0.2, 0) is 6.54 Å². The summed E-state index contributed by atoms with van der Waals surface area (Å²) in [5.74, 6) is -0.792. The second-order valence-electron chi connectivity index (χ2n) is 3.28. The van der Waals surface area contributed by atoms with Crippen LogP contribution in [0.5, 0.6) is 0 Å². The molecule has 5 heteroatoms. The van der Waals surface area contributed by atoms with Crippen LogP contribution in [0.2, 0.25) is 0 Å². The van der Waals surface area contributed by atoms with Gasteiger partial charge in [-0.3, -0.25) is 9.78 Å². The summed E-state index contributed by atoms with van der Waals surface area (Å²) in [5, 5.41) is 2.65. The number of halogens is 1. The lowest BCUT2D eigenvalue weighted by atomic mass is 10.3. The number of rotatable bonds is 3. The van der Waals surface area contributed by atoms with E-state index in [1.165, 1.54) is 0 Å². The molecule has 2 rings (SSSR count). The SMILES string of the molecule is O=C(NCc1cccnc1)c1cc(F)c[nH]1. The van der Waals surface area contributed by atoms with Crippen molar-refractivity contribution in [2.45, 2.75) is 6.54 Å². The van der Waals surface area contributed by atoms with Gasteiger partial charge in [0.25, 0.3) is 5.91 Å². The third kappa shape index (κ3) is 2.44. The second-order valence-corrected chi connectivity index (χ2v) is 3.28. The number of hydrogen-bond donors (Lipinski definition) is 2. The normalized spacial score (nSPS) is 10.1. The quantitative estimate of drug-likeness (QED) is 0.821. The first-order chi connectivity index (χ1) is 7.75. The Bertz CT molecular complexity index is 481. The van der Waals surface area contributed by atoms with Gasteiger partial charge in [-0.05, 0) is 11.6 Å². The lowest BCUT2D eigenvalue weighted by Gasteiger charge is -2.02. The summed E-state index contributed by atoms with van der Waals surface area (Å²) in [5.41, 5.74) is 1.10. The monoisotopic (exact) mass is 219 g/mol. The molecule has 0 unspecified atom stereocenters. The summed E-state index contributed by atoms with van der Waals surface area (Å²) in [6, 6.07) is 4.79. The summed E-state index contributed by atoms with van der Waals surface area (Å²) in [6.07, 6.45) is 4.46. The first-order valence-corrected chi connectivity index (χ1v) is 4.77. The molecule has 1 amide bonds. The Morgan fingerprint density at radius 3 is 3.06 bits per heavy atom. The topological polar surface area (TPSA) is 57.8 Å². The van der Waals surface area contributed by atoms with Crippen LogP contribution in [0.4, 0.5) is 4.39 Å². The van der Waals surface area contributed by atoms with Gasteiger partial charge in [-0.15, -0.1) is 0 Å². The molecular weight excluding hydrogens is 209 g/mol. The van der Waals surface area contributed by atoms with Crippen LogP contribution in [-0.4, -0.2) is 15.9 Å². The van der Waals surface area contributed by atoms with Crippen molar-refractivity contribution in [1.29, 1.82) is 0 Å². The number of aromatic amines is 1. The lowest BCUT2D eigenvalue weighted by molar-refractivity contribution is 0.0946. The highest BCUT2D eigenvalue weighted by Gasteiger charge is 2.07. The molecule has 0 atom stereocenters. The van der Waals surface area contributed by atoms with Gasteiger partial charge in [-0.2, -0.15) is 0 Å². The number of carbonyl (C=O) groups excluding carboxylic acids is 1. The van der Waals surface area contributed by atoms with Gasteiger partial charge < -0.3 is 10.3 Å². The number of nitrogens with one attached hydrogen (secondary N) is 2. The zero-order valence-electron chi connectivity index (χ0n) is 8.40. The van der Waals surface area contributed by atoms with Crippen LogP contribution in [0, 0.1) is 5.82 Å². The van der Waals surface area contributed by atoms with E-state index in [0.29, 0.717) is 6.54 Å². The maximum absolute atomic E-state index is 12.6. The summed E-state index contributed by atoms with van der Waals surface area (Å²) < 4.78 is 12.6.